The van der Waals surface area contributed by atoms with Gasteiger partial charge in [-0.1, -0.05) is 30.1 Å². The molecule has 8 heteroatoms. The Balaban J connectivity index is 2.06. The van der Waals surface area contributed by atoms with Crippen molar-refractivity contribution in [3.63, 3.8) is 0 Å². The first-order valence-electron chi connectivity index (χ1n) is 7.65. The molecule has 1 aliphatic carbocycles. The van der Waals surface area contributed by atoms with Crippen molar-refractivity contribution >= 4 is 40.8 Å². The van der Waals surface area contributed by atoms with Gasteiger partial charge in [-0.25, -0.2) is 4.79 Å². The van der Waals surface area contributed by atoms with E-state index in [-0.39, 0.29) is 24.2 Å². The van der Waals surface area contributed by atoms with Crippen molar-refractivity contribution in [3.05, 3.63) is 27.7 Å². The van der Waals surface area contributed by atoms with Crippen LogP contribution >= 0.6 is 23.2 Å². The molecule has 1 fully saturated rings. The highest BCUT2D eigenvalue weighted by atomic mass is 35.5. The lowest BCUT2D eigenvalue weighted by atomic mass is 9.85. The summed E-state index contributed by atoms with van der Waals surface area (Å²) in [4.78, 5) is 24.7. The molecule has 2 N–H and O–H groups in total. The molecule has 0 radical (unpaired) electrons. The summed E-state index contributed by atoms with van der Waals surface area (Å²) >= 11 is 12.2. The second-order valence-corrected chi connectivity index (χ2v) is 6.57. The molecule has 1 aromatic rings. The second-order valence-electron chi connectivity index (χ2n) is 5.73. The van der Waals surface area contributed by atoms with Crippen LogP contribution in [0, 0.1) is 0 Å². The normalized spacial score (nSPS) is 19.7. The topological polar surface area (TPSA) is 78.9 Å². The molecule has 1 aromatic carbocycles. The highest BCUT2D eigenvalue weighted by Gasteiger charge is 2.34. The molecular formula is C16H20Cl2N2O4. The predicted octanol–water partition coefficient (Wildman–Crippen LogP) is 3.13. The molecule has 0 saturated heterocycles. The zero-order valence-corrected chi connectivity index (χ0v) is 15.0. The Hall–Kier alpha value is -1.50. The number of rotatable bonds is 7. The number of likely N-dealkylation sites (N-methyl/N-ethyl adjacent to an activating group) is 1. The number of benzene rings is 1. The maximum Gasteiger partial charge on any atom is 0.340 e. The summed E-state index contributed by atoms with van der Waals surface area (Å²) in [5.41, 5.74) is 0.786. The third kappa shape index (κ3) is 4.32. The fourth-order valence-electron chi connectivity index (χ4n) is 2.87. The van der Waals surface area contributed by atoms with Crippen molar-refractivity contribution in [2.75, 3.05) is 25.5 Å². The summed E-state index contributed by atoms with van der Waals surface area (Å²) in [6.07, 6.45) is 1.56. The minimum absolute atomic E-state index is 0.0308. The molecule has 24 heavy (non-hydrogen) atoms. The van der Waals surface area contributed by atoms with Gasteiger partial charge in [-0.05, 0) is 31.5 Å². The molecule has 2 rings (SSSR count). The number of carboxylic acids is 1. The van der Waals surface area contributed by atoms with Crippen molar-refractivity contribution in [1.29, 1.82) is 0 Å². The second kappa shape index (κ2) is 8.05. The maximum atomic E-state index is 11.9. The molecule has 0 aromatic heterocycles. The Labute approximate surface area is 150 Å². The minimum Gasteiger partial charge on any atom is -0.480 e. The lowest BCUT2D eigenvalue weighted by Crippen LogP contribution is -2.51. The minimum atomic E-state index is -0.831. The van der Waals surface area contributed by atoms with Gasteiger partial charge >= 0.3 is 11.9 Å². The Morgan fingerprint density at radius 1 is 1.38 bits per heavy atom. The SMILES string of the molecule is CCN(CC(=O)O)C1CC(Nc2c(Cl)cc(Cl)cc2C(=O)OC)C1. The van der Waals surface area contributed by atoms with E-state index in [0.29, 0.717) is 22.3 Å². The number of nitrogens with zero attached hydrogens (tertiary/aromatic N) is 1. The largest absolute Gasteiger partial charge is 0.480 e. The van der Waals surface area contributed by atoms with Crippen molar-refractivity contribution in [3.8, 4) is 0 Å². The van der Waals surface area contributed by atoms with Crippen LogP contribution in [0.3, 0.4) is 0 Å². The molecule has 0 heterocycles. The summed E-state index contributed by atoms with van der Waals surface area (Å²) in [7, 11) is 1.30. The Kier molecular flexibility index (Phi) is 6.32. The van der Waals surface area contributed by atoms with Gasteiger partial charge < -0.3 is 15.2 Å². The molecule has 1 aliphatic rings. The van der Waals surface area contributed by atoms with Gasteiger partial charge in [0.1, 0.15) is 0 Å². The lowest BCUT2D eigenvalue weighted by molar-refractivity contribution is -0.139. The summed E-state index contributed by atoms with van der Waals surface area (Å²) in [6, 6.07) is 3.40. The number of anilines is 1. The average Bonchev–Trinajstić information content (AvgIpc) is 2.48. The third-order valence-corrected chi connectivity index (χ3v) is 4.70. The maximum absolute atomic E-state index is 11.9. The van der Waals surface area contributed by atoms with Crippen LogP contribution in [0.4, 0.5) is 5.69 Å². The van der Waals surface area contributed by atoms with Gasteiger partial charge in [0.05, 0.1) is 29.9 Å². The van der Waals surface area contributed by atoms with E-state index < -0.39 is 11.9 Å². The van der Waals surface area contributed by atoms with Crippen LogP contribution in [-0.2, 0) is 9.53 Å². The van der Waals surface area contributed by atoms with Crippen LogP contribution in [0.5, 0.6) is 0 Å². The number of methoxy groups -OCH3 is 1. The van der Waals surface area contributed by atoms with E-state index in [1.165, 1.54) is 13.2 Å². The molecule has 0 aliphatic heterocycles. The van der Waals surface area contributed by atoms with Crippen LogP contribution < -0.4 is 5.32 Å². The van der Waals surface area contributed by atoms with E-state index in [1.54, 1.807) is 6.07 Å². The van der Waals surface area contributed by atoms with Crippen molar-refractivity contribution in [2.45, 2.75) is 31.8 Å². The summed E-state index contributed by atoms with van der Waals surface area (Å²) in [5, 5.41) is 12.9. The molecule has 0 amide bonds. The third-order valence-electron chi connectivity index (χ3n) is 4.18. The van der Waals surface area contributed by atoms with E-state index in [9.17, 15) is 9.59 Å². The van der Waals surface area contributed by atoms with Gasteiger partial charge in [0.2, 0.25) is 0 Å². The standard InChI is InChI=1S/C16H20Cl2N2O4/c1-3-20(8-14(21)22)11-6-10(7-11)19-15-12(16(23)24-2)4-9(17)5-13(15)18/h4-5,10-11,19H,3,6-8H2,1-2H3,(H,21,22). The first kappa shape index (κ1) is 18.8. The Morgan fingerprint density at radius 2 is 2.04 bits per heavy atom. The Morgan fingerprint density at radius 3 is 2.58 bits per heavy atom. The number of hydrogen-bond donors (Lipinski definition) is 2. The fraction of sp³-hybridized carbons (Fsp3) is 0.500. The zero-order chi connectivity index (χ0) is 17.9. The van der Waals surface area contributed by atoms with Gasteiger partial charge in [0, 0.05) is 17.1 Å². The molecule has 6 nitrogen and oxygen atoms in total. The first-order valence-corrected chi connectivity index (χ1v) is 8.41. The van der Waals surface area contributed by atoms with Gasteiger partial charge in [-0.2, -0.15) is 0 Å². The van der Waals surface area contributed by atoms with E-state index >= 15 is 0 Å². The first-order chi connectivity index (χ1) is 11.3. The van der Waals surface area contributed by atoms with Gasteiger partial charge in [0.25, 0.3) is 0 Å². The van der Waals surface area contributed by atoms with Crippen molar-refractivity contribution < 1.29 is 19.4 Å². The van der Waals surface area contributed by atoms with E-state index in [0.717, 1.165) is 12.8 Å². The molecule has 132 valence electrons. The summed E-state index contributed by atoms with van der Waals surface area (Å²) in [5.74, 6) is -1.35. The molecule has 0 atom stereocenters. The number of carbonyl (C=O) groups excluding carboxylic acids is 1. The number of carbonyl (C=O) groups is 2. The highest BCUT2D eigenvalue weighted by molar-refractivity contribution is 6.37. The van der Waals surface area contributed by atoms with Crippen molar-refractivity contribution in [1.82, 2.24) is 4.90 Å². The van der Waals surface area contributed by atoms with Crippen LogP contribution in [0.1, 0.15) is 30.1 Å². The summed E-state index contributed by atoms with van der Waals surface area (Å²) < 4.78 is 4.77. The monoisotopic (exact) mass is 374 g/mol. The molecule has 0 unspecified atom stereocenters. The number of esters is 1. The van der Waals surface area contributed by atoms with Gasteiger partial charge in [-0.15, -0.1) is 0 Å². The molecule has 0 spiro atoms. The van der Waals surface area contributed by atoms with E-state index in [2.05, 4.69) is 5.32 Å². The van der Waals surface area contributed by atoms with E-state index in [4.69, 9.17) is 33.0 Å². The predicted molar refractivity (Wildman–Crippen MR) is 93.1 cm³/mol. The number of nitrogens with one attached hydrogen (secondary N) is 1. The number of carboxylic acid groups (broad SMARTS) is 1. The summed E-state index contributed by atoms with van der Waals surface area (Å²) in [6.45, 7) is 2.65. The van der Waals surface area contributed by atoms with Gasteiger partial charge in [-0.3, -0.25) is 9.69 Å². The average molecular weight is 375 g/mol. The smallest absolute Gasteiger partial charge is 0.340 e. The number of aliphatic carboxylic acids is 1. The number of hydrogen-bond acceptors (Lipinski definition) is 5. The Bertz CT molecular complexity index is 633. The van der Waals surface area contributed by atoms with Crippen LogP contribution in [0.2, 0.25) is 10.0 Å². The zero-order valence-electron chi connectivity index (χ0n) is 13.5. The quantitative estimate of drug-likeness (QED) is 0.713. The fourth-order valence-corrected chi connectivity index (χ4v) is 3.42. The van der Waals surface area contributed by atoms with Gasteiger partial charge in [0.15, 0.2) is 0 Å². The van der Waals surface area contributed by atoms with Crippen LogP contribution in [0.15, 0.2) is 12.1 Å². The molecule has 1 saturated carbocycles. The van der Waals surface area contributed by atoms with Crippen LogP contribution in [-0.4, -0.2) is 54.2 Å². The van der Waals surface area contributed by atoms with Crippen molar-refractivity contribution in [2.24, 2.45) is 0 Å². The van der Waals surface area contributed by atoms with Crippen LogP contribution in [0.25, 0.3) is 0 Å². The molecular weight excluding hydrogens is 355 g/mol. The van der Waals surface area contributed by atoms with E-state index in [1.807, 2.05) is 11.8 Å². The highest BCUT2D eigenvalue weighted by Crippen LogP contribution is 2.35. The molecule has 0 bridgehead atoms. The number of halogens is 2. The number of ether oxygens (including phenoxy) is 1. The lowest BCUT2D eigenvalue weighted by Gasteiger charge is -2.43.